The molecule has 1 aromatic carbocycles. The minimum atomic E-state index is 1.07. The lowest BCUT2D eigenvalue weighted by atomic mass is 10.2. The van der Waals surface area contributed by atoms with E-state index in [0.717, 1.165) is 33.3 Å². The first kappa shape index (κ1) is 7.96. The Hall–Kier alpha value is -1.26. The van der Waals surface area contributed by atoms with Crippen molar-refractivity contribution in [3.05, 3.63) is 24.3 Å². The zero-order valence-electron chi connectivity index (χ0n) is 8.63. The van der Waals surface area contributed by atoms with Crippen LogP contribution in [0.5, 0.6) is 0 Å². The van der Waals surface area contributed by atoms with Crippen molar-refractivity contribution in [2.45, 2.75) is 0 Å². The first-order chi connectivity index (χ1) is 7.40. The molecule has 2 fully saturated rings. The maximum atomic E-state index is 2.48. The molecule has 0 unspecified atom stereocenters. The Morgan fingerprint density at radius 2 is 1.13 bits per heavy atom. The highest BCUT2D eigenvalue weighted by Gasteiger charge is 2.35. The van der Waals surface area contributed by atoms with Crippen LogP contribution in [0.1, 0.15) is 0 Å². The number of anilines is 2. The monoisotopic (exact) mass is 202 g/mol. The fourth-order valence-corrected chi connectivity index (χ4v) is 2.91. The second kappa shape index (κ2) is 2.65. The molecule has 0 aromatic heterocycles. The van der Waals surface area contributed by atoms with Crippen molar-refractivity contribution in [1.82, 2.24) is 9.80 Å². The number of benzene rings is 1. The summed E-state index contributed by atoms with van der Waals surface area (Å²) in [5.74, 6) is 0. The standard InChI is InChI=1S/C11H14N4/c1-2-4-11-10(3-1)14-6-12-5-13(7-14)9-15(11)8-12/h1-4H,5-9H2. The predicted molar refractivity (Wildman–Crippen MR) is 59.4 cm³/mol. The molecule has 0 amide bonds. The summed E-state index contributed by atoms with van der Waals surface area (Å²) in [7, 11) is 0. The highest BCUT2D eigenvalue weighted by molar-refractivity contribution is 5.72. The summed E-state index contributed by atoms with van der Waals surface area (Å²) in [6.07, 6.45) is 0. The molecule has 4 bridgehead atoms. The third-order valence-corrected chi connectivity index (χ3v) is 3.45. The van der Waals surface area contributed by atoms with Gasteiger partial charge in [0.1, 0.15) is 0 Å². The van der Waals surface area contributed by atoms with Gasteiger partial charge >= 0.3 is 0 Å². The smallest absolute Gasteiger partial charge is 0.0746 e. The van der Waals surface area contributed by atoms with Crippen molar-refractivity contribution in [3.63, 3.8) is 0 Å². The first-order valence-electron chi connectivity index (χ1n) is 5.44. The van der Waals surface area contributed by atoms with Crippen LogP contribution in [0.2, 0.25) is 0 Å². The largest absolute Gasteiger partial charge is 0.344 e. The maximum absolute atomic E-state index is 2.48. The molecule has 0 saturated carbocycles. The zero-order valence-corrected chi connectivity index (χ0v) is 8.63. The second-order valence-electron chi connectivity index (χ2n) is 4.62. The molecular weight excluding hydrogens is 188 g/mol. The highest BCUT2D eigenvalue weighted by Crippen LogP contribution is 2.36. The van der Waals surface area contributed by atoms with Crippen LogP contribution in [-0.4, -0.2) is 43.1 Å². The van der Waals surface area contributed by atoms with Crippen molar-refractivity contribution < 1.29 is 0 Å². The molecule has 2 saturated heterocycles. The number of rotatable bonds is 0. The van der Waals surface area contributed by atoms with Gasteiger partial charge in [0, 0.05) is 0 Å². The van der Waals surface area contributed by atoms with E-state index in [4.69, 9.17) is 0 Å². The molecule has 0 atom stereocenters. The van der Waals surface area contributed by atoms with Gasteiger partial charge in [-0.15, -0.1) is 0 Å². The molecule has 0 N–H and O–H groups in total. The first-order valence-corrected chi connectivity index (χ1v) is 5.44. The summed E-state index contributed by atoms with van der Waals surface area (Å²) >= 11 is 0. The Morgan fingerprint density at radius 1 is 0.667 bits per heavy atom. The molecule has 0 aliphatic carbocycles. The summed E-state index contributed by atoms with van der Waals surface area (Å²) in [5.41, 5.74) is 2.78. The van der Waals surface area contributed by atoms with Crippen LogP contribution in [0.15, 0.2) is 24.3 Å². The molecular formula is C11H14N4. The normalized spacial score (nSPS) is 31.7. The Balaban J connectivity index is 1.91. The van der Waals surface area contributed by atoms with E-state index in [1.807, 2.05) is 0 Å². The van der Waals surface area contributed by atoms with Crippen molar-refractivity contribution in [3.8, 4) is 0 Å². The van der Waals surface area contributed by atoms with Crippen molar-refractivity contribution in [2.75, 3.05) is 43.1 Å². The van der Waals surface area contributed by atoms with Gasteiger partial charge in [-0.05, 0) is 12.1 Å². The molecule has 4 aliphatic rings. The molecule has 4 nitrogen and oxygen atoms in total. The van der Waals surface area contributed by atoms with E-state index in [0.29, 0.717) is 0 Å². The molecule has 5 rings (SSSR count). The summed E-state index contributed by atoms with van der Waals surface area (Å²) in [5, 5.41) is 0. The van der Waals surface area contributed by atoms with Gasteiger partial charge in [-0.25, -0.2) is 0 Å². The maximum Gasteiger partial charge on any atom is 0.0746 e. The van der Waals surface area contributed by atoms with E-state index >= 15 is 0 Å². The van der Waals surface area contributed by atoms with Crippen LogP contribution in [-0.2, 0) is 0 Å². The molecule has 0 radical (unpaired) electrons. The average Bonchev–Trinajstić information content (AvgIpc) is 2.43. The summed E-state index contributed by atoms with van der Waals surface area (Å²) < 4.78 is 0. The van der Waals surface area contributed by atoms with E-state index in [1.54, 1.807) is 0 Å². The quantitative estimate of drug-likeness (QED) is 0.615. The number of para-hydroxylation sites is 2. The Bertz CT molecular complexity index is 356. The number of nitrogens with zero attached hydrogens (tertiary/aromatic N) is 4. The molecule has 4 aliphatic heterocycles. The van der Waals surface area contributed by atoms with Crippen LogP contribution in [0.3, 0.4) is 0 Å². The predicted octanol–water partition coefficient (Wildman–Crippen LogP) is 0.732. The van der Waals surface area contributed by atoms with Gasteiger partial charge in [-0.3, -0.25) is 9.80 Å². The van der Waals surface area contributed by atoms with Gasteiger partial charge in [0.05, 0.1) is 44.7 Å². The average molecular weight is 202 g/mol. The van der Waals surface area contributed by atoms with E-state index in [9.17, 15) is 0 Å². The zero-order chi connectivity index (χ0) is 9.83. The van der Waals surface area contributed by atoms with E-state index in [-0.39, 0.29) is 0 Å². The van der Waals surface area contributed by atoms with Crippen molar-refractivity contribution >= 4 is 11.4 Å². The molecule has 0 spiro atoms. The fourth-order valence-electron chi connectivity index (χ4n) is 2.91. The van der Waals surface area contributed by atoms with E-state index < -0.39 is 0 Å². The SMILES string of the molecule is c1ccc2c(c1)N1CN3CN(C1)CN2C3. The third kappa shape index (κ3) is 1.03. The van der Waals surface area contributed by atoms with Gasteiger partial charge in [0.2, 0.25) is 0 Å². The van der Waals surface area contributed by atoms with Gasteiger partial charge in [0.25, 0.3) is 0 Å². The Morgan fingerprint density at radius 3 is 1.60 bits per heavy atom. The van der Waals surface area contributed by atoms with E-state index in [1.165, 1.54) is 11.4 Å². The molecule has 15 heavy (non-hydrogen) atoms. The fraction of sp³-hybridized carbons (Fsp3) is 0.455. The highest BCUT2D eigenvalue weighted by atomic mass is 15.6. The summed E-state index contributed by atoms with van der Waals surface area (Å²) in [6.45, 7) is 5.42. The lowest BCUT2D eigenvalue weighted by molar-refractivity contribution is 0.0548. The van der Waals surface area contributed by atoms with Gasteiger partial charge in [-0.1, -0.05) is 12.1 Å². The molecule has 78 valence electrons. The Kier molecular flexibility index (Phi) is 1.41. The minimum absolute atomic E-state index is 1.07. The van der Waals surface area contributed by atoms with Crippen LogP contribution in [0.4, 0.5) is 11.4 Å². The Labute approximate surface area is 89.3 Å². The van der Waals surface area contributed by atoms with Crippen molar-refractivity contribution in [2.24, 2.45) is 0 Å². The third-order valence-electron chi connectivity index (χ3n) is 3.45. The molecule has 4 heterocycles. The number of hydrogen-bond acceptors (Lipinski definition) is 4. The van der Waals surface area contributed by atoms with Crippen LogP contribution in [0.25, 0.3) is 0 Å². The van der Waals surface area contributed by atoms with Gasteiger partial charge in [0.15, 0.2) is 0 Å². The van der Waals surface area contributed by atoms with Gasteiger partial charge < -0.3 is 9.80 Å². The van der Waals surface area contributed by atoms with Crippen LogP contribution < -0.4 is 9.80 Å². The molecule has 1 aromatic rings. The minimum Gasteiger partial charge on any atom is -0.344 e. The lowest BCUT2D eigenvalue weighted by Crippen LogP contribution is -2.62. The van der Waals surface area contributed by atoms with Crippen molar-refractivity contribution in [1.29, 1.82) is 0 Å². The second-order valence-corrected chi connectivity index (χ2v) is 4.62. The lowest BCUT2D eigenvalue weighted by Gasteiger charge is -2.46. The number of hydrogen-bond donors (Lipinski definition) is 0. The summed E-state index contributed by atoms with van der Waals surface area (Å²) in [4.78, 5) is 9.89. The van der Waals surface area contributed by atoms with Crippen LogP contribution in [0, 0.1) is 0 Å². The van der Waals surface area contributed by atoms with Gasteiger partial charge in [-0.2, -0.15) is 0 Å². The topological polar surface area (TPSA) is 13.0 Å². The van der Waals surface area contributed by atoms with Crippen LogP contribution >= 0.6 is 0 Å². The van der Waals surface area contributed by atoms with E-state index in [2.05, 4.69) is 43.9 Å². The molecule has 4 heteroatoms. The summed E-state index contributed by atoms with van der Waals surface area (Å²) in [6, 6.07) is 8.75.